The minimum atomic E-state index is -4.76. The summed E-state index contributed by atoms with van der Waals surface area (Å²) in [4.78, 5) is 10.4. The standard InChI is InChI=1S/C5H10O8S2/c6-5(7)4(15(11,12)13)2-1-3-14(8,9)10/h4H,1-3H2,(H,6,7)(H,8,9,10)(H,11,12,13). The van der Waals surface area contributed by atoms with Crippen LogP contribution in [-0.4, -0.2) is 48.0 Å². The van der Waals surface area contributed by atoms with Gasteiger partial charge in [0.15, 0.2) is 5.25 Å². The van der Waals surface area contributed by atoms with Crippen molar-refractivity contribution < 1.29 is 35.8 Å². The van der Waals surface area contributed by atoms with Crippen molar-refractivity contribution in [2.75, 3.05) is 5.75 Å². The molecule has 8 nitrogen and oxygen atoms in total. The molecule has 0 spiro atoms. The van der Waals surface area contributed by atoms with E-state index in [4.69, 9.17) is 14.2 Å². The highest BCUT2D eigenvalue weighted by Crippen LogP contribution is 2.08. The molecular formula is C5H10O8S2. The Balaban J connectivity index is 4.42. The van der Waals surface area contributed by atoms with Crippen molar-refractivity contribution in [3.8, 4) is 0 Å². The van der Waals surface area contributed by atoms with Crippen molar-refractivity contribution in [1.82, 2.24) is 0 Å². The van der Waals surface area contributed by atoms with Crippen molar-refractivity contribution >= 4 is 26.2 Å². The summed E-state index contributed by atoms with van der Waals surface area (Å²) in [6.45, 7) is 0. The lowest BCUT2D eigenvalue weighted by Crippen LogP contribution is -2.30. The Morgan fingerprint density at radius 3 is 1.87 bits per heavy atom. The van der Waals surface area contributed by atoms with Crippen LogP contribution in [-0.2, 0) is 25.0 Å². The van der Waals surface area contributed by atoms with Crippen molar-refractivity contribution in [2.45, 2.75) is 18.1 Å². The van der Waals surface area contributed by atoms with E-state index in [0.29, 0.717) is 0 Å². The third-order valence-corrected chi connectivity index (χ3v) is 3.46. The fourth-order valence-electron chi connectivity index (χ4n) is 0.851. The second kappa shape index (κ2) is 4.88. The van der Waals surface area contributed by atoms with Gasteiger partial charge in [-0.05, 0) is 12.8 Å². The third-order valence-electron chi connectivity index (χ3n) is 1.50. The number of carboxylic acids is 1. The first-order valence-corrected chi connectivity index (χ1v) is 6.79. The topological polar surface area (TPSA) is 146 Å². The van der Waals surface area contributed by atoms with Gasteiger partial charge in [0.05, 0.1) is 5.75 Å². The van der Waals surface area contributed by atoms with Crippen LogP contribution in [0.15, 0.2) is 0 Å². The zero-order chi connectivity index (χ0) is 12.3. The predicted octanol–water partition coefficient (Wildman–Crippen LogP) is -1.00. The summed E-state index contributed by atoms with van der Waals surface area (Å²) in [6, 6.07) is 0. The molecule has 0 aromatic rings. The largest absolute Gasteiger partial charge is 0.480 e. The van der Waals surface area contributed by atoms with E-state index in [1.807, 2.05) is 0 Å². The molecule has 1 atom stereocenters. The normalized spacial score (nSPS) is 14.8. The summed E-state index contributed by atoms with van der Waals surface area (Å²) in [6.07, 6.45) is -0.969. The SMILES string of the molecule is O=C(O)C(CCCS(=O)(=O)O)S(=O)(=O)O. The van der Waals surface area contributed by atoms with Crippen LogP contribution in [0.4, 0.5) is 0 Å². The first kappa shape index (κ1) is 14.3. The molecule has 0 fully saturated rings. The molecule has 0 rings (SSSR count). The van der Waals surface area contributed by atoms with Crippen LogP contribution >= 0.6 is 0 Å². The zero-order valence-electron chi connectivity index (χ0n) is 7.40. The molecule has 15 heavy (non-hydrogen) atoms. The number of aliphatic carboxylic acids is 1. The molecule has 0 aliphatic rings. The van der Waals surface area contributed by atoms with E-state index in [1.165, 1.54) is 0 Å². The molecule has 0 saturated heterocycles. The maximum atomic E-state index is 10.5. The quantitative estimate of drug-likeness (QED) is 0.516. The van der Waals surface area contributed by atoms with Crippen molar-refractivity contribution in [3.05, 3.63) is 0 Å². The van der Waals surface area contributed by atoms with Gasteiger partial charge in [0.2, 0.25) is 0 Å². The molecule has 1 unspecified atom stereocenters. The highest BCUT2D eigenvalue weighted by atomic mass is 32.2. The Bertz CT molecular complexity index is 418. The fraction of sp³-hybridized carbons (Fsp3) is 0.800. The van der Waals surface area contributed by atoms with Gasteiger partial charge in [0, 0.05) is 0 Å². The van der Waals surface area contributed by atoms with Crippen LogP contribution in [0.1, 0.15) is 12.8 Å². The fourth-order valence-corrected chi connectivity index (χ4v) is 2.10. The summed E-state index contributed by atoms with van der Waals surface area (Å²) in [5.41, 5.74) is 0. The zero-order valence-corrected chi connectivity index (χ0v) is 9.03. The molecule has 0 aliphatic heterocycles. The molecule has 90 valence electrons. The van der Waals surface area contributed by atoms with Gasteiger partial charge in [-0.2, -0.15) is 16.8 Å². The van der Waals surface area contributed by atoms with Gasteiger partial charge in [-0.1, -0.05) is 0 Å². The van der Waals surface area contributed by atoms with E-state index in [9.17, 15) is 21.6 Å². The summed E-state index contributed by atoms with van der Waals surface area (Å²) in [5, 5.41) is 6.32. The lowest BCUT2D eigenvalue weighted by molar-refractivity contribution is -0.136. The van der Waals surface area contributed by atoms with E-state index in [-0.39, 0.29) is 6.42 Å². The second-order valence-electron chi connectivity index (χ2n) is 2.77. The van der Waals surface area contributed by atoms with Gasteiger partial charge in [-0.15, -0.1) is 0 Å². The smallest absolute Gasteiger partial charge is 0.324 e. The first-order chi connectivity index (χ1) is 6.54. The second-order valence-corrected chi connectivity index (χ2v) is 5.94. The van der Waals surface area contributed by atoms with Crippen LogP contribution in [0.2, 0.25) is 0 Å². The number of carboxylic acid groups (broad SMARTS) is 1. The Morgan fingerprint density at radius 1 is 1.13 bits per heavy atom. The van der Waals surface area contributed by atoms with Crippen molar-refractivity contribution in [1.29, 1.82) is 0 Å². The van der Waals surface area contributed by atoms with Gasteiger partial charge < -0.3 is 5.11 Å². The summed E-state index contributed by atoms with van der Waals surface area (Å²) >= 11 is 0. The van der Waals surface area contributed by atoms with E-state index in [1.54, 1.807) is 0 Å². The first-order valence-electron chi connectivity index (χ1n) is 3.68. The Morgan fingerprint density at radius 2 is 1.60 bits per heavy atom. The molecule has 0 aromatic carbocycles. The van der Waals surface area contributed by atoms with E-state index in [0.717, 1.165) is 0 Å². The van der Waals surface area contributed by atoms with E-state index >= 15 is 0 Å². The Kier molecular flexibility index (Phi) is 4.65. The summed E-state index contributed by atoms with van der Waals surface area (Å²) in [5.74, 6) is -2.53. The van der Waals surface area contributed by atoms with E-state index in [2.05, 4.69) is 0 Å². The number of carbonyl (C=O) groups is 1. The van der Waals surface area contributed by atoms with Gasteiger partial charge in [-0.3, -0.25) is 13.9 Å². The highest BCUT2D eigenvalue weighted by Gasteiger charge is 2.30. The molecule has 3 N–H and O–H groups in total. The van der Waals surface area contributed by atoms with E-state index < -0.39 is 43.6 Å². The molecule has 0 saturated carbocycles. The highest BCUT2D eigenvalue weighted by molar-refractivity contribution is 7.87. The predicted molar refractivity (Wildman–Crippen MR) is 48.6 cm³/mol. The Labute approximate surface area is 86.4 Å². The van der Waals surface area contributed by atoms with Gasteiger partial charge >= 0.3 is 5.97 Å². The number of hydrogen-bond donors (Lipinski definition) is 3. The molecule has 0 bridgehead atoms. The molecule has 0 radical (unpaired) electrons. The van der Waals surface area contributed by atoms with Crippen molar-refractivity contribution in [2.24, 2.45) is 0 Å². The third kappa shape index (κ3) is 6.38. The maximum absolute atomic E-state index is 10.5. The van der Waals surface area contributed by atoms with Gasteiger partial charge in [0.25, 0.3) is 20.2 Å². The summed E-state index contributed by atoms with van der Waals surface area (Å²) < 4.78 is 58.2. The minimum absolute atomic E-state index is 0.379. The lowest BCUT2D eigenvalue weighted by Gasteiger charge is -2.07. The lowest BCUT2D eigenvalue weighted by atomic mass is 10.2. The van der Waals surface area contributed by atoms with Crippen LogP contribution in [0.25, 0.3) is 0 Å². The van der Waals surface area contributed by atoms with Crippen LogP contribution in [0.3, 0.4) is 0 Å². The van der Waals surface area contributed by atoms with Crippen LogP contribution in [0.5, 0.6) is 0 Å². The average Bonchev–Trinajstić information content (AvgIpc) is 1.92. The molecule has 10 heteroatoms. The maximum Gasteiger partial charge on any atom is 0.324 e. The van der Waals surface area contributed by atoms with Gasteiger partial charge in [-0.25, -0.2) is 0 Å². The van der Waals surface area contributed by atoms with Crippen molar-refractivity contribution in [3.63, 3.8) is 0 Å². The Hall–Kier alpha value is -0.710. The molecule has 0 amide bonds. The molecule has 0 aromatic heterocycles. The van der Waals surface area contributed by atoms with Crippen LogP contribution < -0.4 is 0 Å². The minimum Gasteiger partial charge on any atom is -0.480 e. The summed E-state index contributed by atoms with van der Waals surface area (Å²) in [7, 11) is -9.02. The molecule has 0 aliphatic carbocycles. The number of rotatable bonds is 6. The monoisotopic (exact) mass is 262 g/mol. The molecular weight excluding hydrogens is 252 g/mol. The molecule has 0 heterocycles. The van der Waals surface area contributed by atoms with Crippen LogP contribution in [0, 0.1) is 0 Å². The average molecular weight is 262 g/mol. The van der Waals surface area contributed by atoms with Gasteiger partial charge in [0.1, 0.15) is 0 Å². The number of hydrogen-bond acceptors (Lipinski definition) is 5.